The van der Waals surface area contributed by atoms with Crippen molar-refractivity contribution >= 4 is 40.6 Å². The van der Waals surface area contributed by atoms with Crippen LogP contribution in [0.1, 0.15) is 21.5 Å². The Kier molecular flexibility index (Phi) is 9.48. The zero-order valence-electron chi connectivity index (χ0n) is 23.0. The molecule has 4 aromatic rings. The highest BCUT2D eigenvalue weighted by molar-refractivity contribution is 7.13. The van der Waals surface area contributed by atoms with Crippen LogP contribution in [0.15, 0.2) is 90.3 Å². The van der Waals surface area contributed by atoms with Crippen molar-refractivity contribution in [3.8, 4) is 10.4 Å². The lowest BCUT2D eigenvalue weighted by Crippen LogP contribution is -2.52. The molecule has 42 heavy (non-hydrogen) atoms. The number of anilines is 2. The predicted molar refractivity (Wildman–Crippen MR) is 163 cm³/mol. The molecule has 3 aromatic carbocycles. The van der Waals surface area contributed by atoms with E-state index in [0.717, 1.165) is 21.6 Å². The Morgan fingerprint density at radius 2 is 1.69 bits per heavy atom. The first-order valence-electron chi connectivity index (χ1n) is 13.6. The highest BCUT2D eigenvalue weighted by Crippen LogP contribution is 2.30. The maximum Gasteiger partial charge on any atom is 0.408 e. The van der Waals surface area contributed by atoms with E-state index in [0.29, 0.717) is 43.2 Å². The molecule has 0 unspecified atom stereocenters. The van der Waals surface area contributed by atoms with Crippen LogP contribution in [-0.4, -0.2) is 55.2 Å². The van der Waals surface area contributed by atoms with Crippen LogP contribution in [-0.2, 0) is 27.3 Å². The second-order valence-corrected chi connectivity index (χ2v) is 10.8. The largest absolute Gasteiger partial charge is 0.445 e. The fraction of sp³-hybridized carbons (Fsp3) is 0.219. The second-order valence-electron chi connectivity index (χ2n) is 9.83. The normalized spacial score (nSPS) is 13.7. The Morgan fingerprint density at radius 1 is 0.929 bits per heavy atom. The van der Waals surface area contributed by atoms with Crippen LogP contribution in [0.5, 0.6) is 0 Å². The number of nitrogens with two attached hydrogens (primary N) is 1. The summed E-state index contributed by atoms with van der Waals surface area (Å²) < 4.78 is 10.8. The number of carbonyl (C=O) groups is 3. The van der Waals surface area contributed by atoms with Crippen molar-refractivity contribution in [2.45, 2.75) is 19.1 Å². The number of benzene rings is 3. The minimum atomic E-state index is -0.842. The lowest BCUT2D eigenvalue weighted by molar-refractivity contribution is -0.137. The summed E-state index contributed by atoms with van der Waals surface area (Å²) in [5, 5.41) is 7.63. The van der Waals surface area contributed by atoms with E-state index in [1.165, 1.54) is 0 Å². The number of carbonyl (C=O) groups excluding carboxylic acids is 3. The van der Waals surface area contributed by atoms with Gasteiger partial charge in [0.05, 0.1) is 24.6 Å². The van der Waals surface area contributed by atoms with Gasteiger partial charge in [-0.1, -0.05) is 54.6 Å². The number of hydrogen-bond acceptors (Lipinski definition) is 7. The summed E-state index contributed by atoms with van der Waals surface area (Å²) in [6.45, 7) is 1.89. The first-order chi connectivity index (χ1) is 20.5. The number of thiophene rings is 1. The Morgan fingerprint density at radius 3 is 2.40 bits per heavy atom. The van der Waals surface area contributed by atoms with Crippen molar-refractivity contribution in [3.05, 3.63) is 107 Å². The second kappa shape index (κ2) is 13.8. The smallest absolute Gasteiger partial charge is 0.408 e. The van der Waals surface area contributed by atoms with E-state index in [-0.39, 0.29) is 24.8 Å². The number of hydrogen-bond donors (Lipinski definition) is 3. The molecule has 0 spiro atoms. The van der Waals surface area contributed by atoms with E-state index in [1.807, 2.05) is 60.0 Å². The van der Waals surface area contributed by atoms with Crippen LogP contribution in [0, 0.1) is 0 Å². The van der Waals surface area contributed by atoms with Gasteiger partial charge in [-0.25, -0.2) is 4.79 Å². The van der Waals surface area contributed by atoms with Gasteiger partial charge in [-0.2, -0.15) is 0 Å². The van der Waals surface area contributed by atoms with Gasteiger partial charge >= 0.3 is 6.09 Å². The van der Waals surface area contributed by atoms with Crippen molar-refractivity contribution in [2.24, 2.45) is 0 Å². The Labute approximate surface area is 248 Å². The average Bonchev–Trinajstić information content (AvgIpc) is 3.57. The van der Waals surface area contributed by atoms with E-state index in [2.05, 4.69) is 10.6 Å². The molecule has 9 nitrogen and oxygen atoms in total. The SMILES string of the molecule is Nc1ccc(-c2cccs2)cc1NC(=O)c1ccc(C[C@H](NC(=O)OCc2ccccc2)C(=O)N2CCOCC2)cc1. The summed E-state index contributed by atoms with van der Waals surface area (Å²) in [4.78, 5) is 41.8. The third kappa shape index (κ3) is 7.54. The van der Waals surface area contributed by atoms with E-state index in [1.54, 1.807) is 46.6 Å². The summed E-state index contributed by atoms with van der Waals surface area (Å²) in [6.07, 6.45) is -0.447. The van der Waals surface area contributed by atoms with Gasteiger partial charge in [0.25, 0.3) is 5.91 Å². The maximum atomic E-state index is 13.4. The molecule has 0 radical (unpaired) electrons. The molecule has 0 aliphatic carbocycles. The molecule has 5 rings (SSSR count). The van der Waals surface area contributed by atoms with Gasteiger partial charge < -0.3 is 30.7 Å². The van der Waals surface area contributed by atoms with Crippen LogP contribution in [0.25, 0.3) is 10.4 Å². The fourth-order valence-electron chi connectivity index (χ4n) is 4.59. The van der Waals surface area contributed by atoms with Crippen molar-refractivity contribution < 1.29 is 23.9 Å². The zero-order chi connectivity index (χ0) is 29.3. The number of nitrogens with zero attached hydrogens (tertiary/aromatic N) is 1. The highest BCUT2D eigenvalue weighted by atomic mass is 32.1. The third-order valence-electron chi connectivity index (χ3n) is 6.89. The average molecular weight is 585 g/mol. The van der Waals surface area contributed by atoms with E-state index < -0.39 is 12.1 Å². The number of morpholine rings is 1. The summed E-state index contributed by atoms with van der Waals surface area (Å²) in [7, 11) is 0. The topological polar surface area (TPSA) is 123 Å². The van der Waals surface area contributed by atoms with Crippen molar-refractivity contribution in [3.63, 3.8) is 0 Å². The third-order valence-corrected chi connectivity index (χ3v) is 7.81. The van der Waals surface area contributed by atoms with Crippen LogP contribution in [0.3, 0.4) is 0 Å². The van der Waals surface area contributed by atoms with E-state index >= 15 is 0 Å². The maximum absolute atomic E-state index is 13.4. The van der Waals surface area contributed by atoms with Crippen molar-refractivity contribution in [2.75, 3.05) is 37.4 Å². The Balaban J connectivity index is 1.25. The van der Waals surface area contributed by atoms with Gasteiger partial charge in [0.2, 0.25) is 5.91 Å². The van der Waals surface area contributed by atoms with E-state index in [4.69, 9.17) is 15.2 Å². The van der Waals surface area contributed by atoms with Gasteiger partial charge in [-0.15, -0.1) is 11.3 Å². The van der Waals surface area contributed by atoms with Crippen LogP contribution in [0.2, 0.25) is 0 Å². The molecule has 3 amide bonds. The number of rotatable bonds is 9. The molecular formula is C32H32N4O5S. The van der Waals surface area contributed by atoms with E-state index in [9.17, 15) is 14.4 Å². The first-order valence-corrected chi connectivity index (χ1v) is 14.5. The standard InChI is InChI=1S/C32H32N4O5S/c33-26-13-12-25(29-7-4-18-42-29)20-27(26)34-30(37)24-10-8-22(9-11-24)19-28(31(38)36-14-16-40-17-15-36)35-32(39)41-21-23-5-2-1-3-6-23/h1-13,18,20,28H,14-17,19,21,33H2,(H,34,37)(H,35,39)/t28-/m0/s1. The van der Waals surface area contributed by atoms with Gasteiger partial charge in [0.15, 0.2) is 0 Å². The molecule has 0 bridgehead atoms. The molecule has 1 fully saturated rings. The lowest BCUT2D eigenvalue weighted by Gasteiger charge is -2.30. The molecular weight excluding hydrogens is 552 g/mol. The van der Waals surface area contributed by atoms with Gasteiger partial charge in [-0.05, 0) is 52.4 Å². The molecule has 4 N–H and O–H groups in total. The Hall–Kier alpha value is -4.67. The molecule has 0 saturated carbocycles. The number of nitrogen functional groups attached to an aromatic ring is 1. The monoisotopic (exact) mass is 584 g/mol. The number of nitrogens with one attached hydrogen (secondary N) is 2. The van der Waals surface area contributed by atoms with Crippen molar-refractivity contribution in [1.29, 1.82) is 0 Å². The molecule has 1 saturated heterocycles. The quantitative estimate of drug-likeness (QED) is 0.240. The molecule has 216 valence electrons. The summed E-state index contributed by atoms with van der Waals surface area (Å²) in [6, 6.07) is 24.9. The summed E-state index contributed by atoms with van der Waals surface area (Å²) in [5.74, 6) is -0.516. The van der Waals surface area contributed by atoms with Crippen LogP contribution >= 0.6 is 11.3 Å². The molecule has 1 aliphatic heterocycles. The molecule has 1 aliphatic rings. The Bertz CT molecular complexity index is 1500. The minimum Gasteiger partial charge on any atom is -0.445 e. The fourth-order valence-corrected chi connectivity index (χ4v) is 5.32. The van der Waals surface area contributed by atoms with Gasteiger partial charge in [0.1, 0.15) is 12.6 Å². The summed E-state index contributed by atoms with van der Waals surface area (Å²) >= 11 is 1.61. The number of alkyl carbamates (subject to hydrolysis) is 1. The van der Waals surface area contributed by atoms with Crippen LogP contribution < -0.4 is 16.4 Å². The van der Waals surface area contributed by atoms with Gasteiger partial charge in [0, 0.05) is 30.0 Å². The molecule has 1 atom stereocenters. The molecule has 1 aromatic heterocycles. The lowest BCUT2D eigenvalue weighted by atomic mass is 10.0. The zero-order valence-corrected chi connectivity index (χ0v) is 23.8. The van der Waals surface area contributed by atoms with Crippen LogP contribution in [0.4, 0.5) is 16.2 Å². The van der Waals surface area contributed by atoms with Gasteiger partial charge in [-0.3, -0.25) is 9.59 Å². The predicted octanol–water partition coefficient (Wildman–Crippen LogP) is 4.95. The molecule has 10 heteroatoms. The van der Waals surface area contributed by atoms with Crippen molar-refractivity contribution in [1.82, 2.24) is 10.2 Å². The highest BCUT2D eigenvalue weighted by Gasteiger charge is 2.28. The summed E-state index contributed by atoms with van der Waals surface area (Å²) in [5.41, 5.74) is 10.2. The molecule has 2 heterocycles. The number of amides is 3. The number of ether oxygens (including phenoxy) is 2. The first kappa shape index (κ1) is 28.8. The minimum absolute atomic E-state index is 0.0930.